The molecule has 0 aliphatic carbocycles. The minimum Gasteiger partial charge on any atom is -0.463 e. The molecule has 154 valence electrons. The second-order valence-corrected chi connectivity index (χ2v) is 7.29. The zero-order valence-corrected chi connectivity index (χ0v) is 17.3. The van der Waals surface area contributed by atoms with E-state index >= 15 is 0 Å². The van der Waals surface area contributed by atoms with Crippen LogP contribution in [0.1, 0.15) is 60.3 Å². The fourth-order valence-corrected chi connectivity index (χ4v) is 2.77. The average molecular weight is 396 g/mol. The topological polar surface area (TPSA) is 84.5 Å². The molecule has 2 aromatic rings. The molecular formula is C23H28N2O4. The lowest BCUT2D eigenvalue weighted by Gasteiger charge is -2.20. The first-order valence-corrected chi connectivity index (χ1v) is 9.65. The number of aryl methyl sites for hydroxylation is 1. The molecule has 2 N–H and O–H groups in total. The Balaban J connectivity index is 2.12. The van der Waals surface area contributed by atoms with Crippen LogP contribution >= 0.6 is 0 Å². The third-order valence-corrected chi connectivity index (χ3v) is 4.28. The molecule has 0 aliphatic heterocycles. The molecule has 0 radical (unpaired) electrons. The summed E-state index contributed by atoms with van der Waals surface area (Å²) in [6.45, 7) is 7.42. The van der Waals surface area contributed by atoms with Crippen LogP contribution in [0, 0.1) is 6.92 Å². The van der Waals surface area contributed by atoms with Crippen LogP contribution in [0.5, 0.6) is 0 Å². The van der Waals surface area contributed by atoms with Gasteiger partial charge in [-0.3, -0.25) is 14.4 Å². The summed E-state index contributed by atoms with van der Waals surface area (Å²) in [4.78, 5) is 35.9. The molecule has 0 fully saturated rings. The van der Waals surface area contributed by atoms with Crippen LogP contribution in [-0.2, 0) is 20.9 Å². The van der Waals surface area contributed by atoms with Gasteiger partial charge in [0.25, 0.3) is 5.91 Å². The average Bonchev–Trinajstić information content (AvgIpc) is 2.66. The molecule has 29 heavy (non-hydrogen) atoms. The van der Waals surface area contributed by atoms with Crippen LogP contribution in [-0.4, -0.2) is 23.9 Å². The Morgan fingerprint density at radius 3 is 2.14 bits per heavy atom. The largest absolute Gasteiger partial charge is 0.463 e. The Hall–Kier alpha value is -3.15. The summed E-state index contributed by atoms with van der Waals surface area (Å²) in [5.41, 5.74) is 3.31. The maximum absolute atomic E-state index is 12.7. The molecule has 6 heteroatoms. The van der Waals surface area contributed by atoms with Crippen molar-refractivity contribution in [1.29, 1.82) is 0 Å². The zero-order valence-electron chi connectivity index (χ0n) is 17.3. The molecular weight excluding hydrogens is 368 g/mol. The van der Waals surface area contributed by atoms with Crippen molar-refractivity contribution in [2.24, 2.45) is 0 Å². The van der Waals surface area contributed by atoms with Gasteiger partial charge in [-0.15, -0.1) is 0 Å². The van der Waals surface area contributed by atoms with Crippen molar-refractivity contribution in [2.45, 2.75) is 52.8 Å². The standard InChI is InChI=1S/C23H28N2O4/c1-15(2)29-22(27)13-21(19-9-5-16(3)6-10-19)25-23(28)20-11-7-18(8-12-20)14-24-17(4)26/h5-12,15,21H,13-14H2,1-4H3,(H,24,26)(H,25,28). The second kappa shape index (κ2) is 10.4. The summed E-state index contributed by atoms with van der Waals surface area (Å²) in [6, 6.07) is 14.2. The van der Waals surface area contributed by atoms with Crippen molar-refractivity contribution >= 4 is 17.8 Å². The number of ether oxygens (including phenoxy) is 1. The van der Waals surface area contributed by atoms with Gasteiger partial charge in [0.2, 0.25) is 5.91 Å². The van der Waals surface area contributed by atoms with E-state index in [4.69, 9.17) is 4.74 Å². The summed E-state index contributed by atoms with van der Waals surface area (Å²) < 4.78 is 5.25. The summed E-state index contributed by atoms with van der Waals surface area (Å²) in [5.74, 6) is -0.753. The van der Waals surface area contributed by atoms with E-state index < -0.39 is 6.04 Å². The van der Waals surface area contributed by atoms with Gasteiger partial charge in [-0.05, 0) is 44.0 Å². The predicted octanol–water partition coefficient (Wildman–Crippen LogP) is 3.44. The van der Waals surface area contributed by atoms with E-state index in [-0.39, 0.29) is 30.3 Å². The predicted molar refractivity (Wildman–Crippen MR) is 111 cm³/mol. The number of nitrogens with one attached hydrogen (secondary N) is 2. The molecule has 0 aromatic heterocycles. The molecule has 1 unspecified atom stereocenters. The third kappa shape index (κ3) is 7.41. The summed E-state index contributed by atoms with van der Waals surface area (Å²) in [5, 5.41) is 5.65. The first-order chi connectivity index (χ1) is 13.7. The highest BCUT2D eigenvalue weighted by Crippen LogP contribution is 2.20. The van der Waals surface area contributed by atoms with Crippen LogP contribution in [0.25, 0.3) is 0 Å². The van der Waals surface area contributed by atoms with Crippen molar-refractivity contribution in [3.63, 3.8) is 0 Å². The van der Waals surface area contributed by atoms with Crippen LogP contribution in [0.2, 0.25) is 0 Å². The zero-order chi connectivity index (χ0) is 21.4. The monoisotopic (exact) mass is 396 g/mol. The molecule has 0 aliphatic rings. The highest BCUT2D eigenvalue weighted by atomic mass is 16.5. The van der Waals surface area contributed by atoms with Crippen LogP contribution in [0.4, 0.5) is 0 Å². The van der Waals surface area contributed by atoms with Crippen molar-refractivity contribution in [3.8, 4) is 0 Å². The highest BCUT2D eigenvalue weighted by Gasteiger charge is 2.21. The number of amides is 2. The molecule has 0 heterocycles. The Bertz CT molecular complexity index is 842. The molecule has 0 saturated carbocycles. The maximum Gasteiger partial charge on any atom is 0.308 e. The fourth-order valence-electron chi connectivity index (χ4n) is 2.77. The first kappa shape index (κ1) is 22.1. The smallest absolute Gasteiger partial charge is 0.308 e. The van der Waals surface area contributed by atoms with Gasteiger partial charge in [0.15, 0.2) is 0 Å². The lowest BCUT2D eigenvalue weighted by molar-refractivity contribution is -0.148. The van der Waals surface area contributed by atoms with E-state index in [1.807, 2.05) is 31.2 Å². The van der Waals surface area contributed by atoms with E-state index in [0.29, 0.717) is 12.1 Å². The molecule has 0 spiro atoms. The van der Waals surface area contributed by atoms with Crippen molar-refractivity contribution in [2.75, 3.05) is 0 Å². The highest BCUT2D eigenvalue weighted by molar-refractivity contribution is 5.94. The Morgan fingerprint density at radius 1 is 0.966 bits per heavy atom. The fraction of sp³-hybridized carbons (Fsp3) is 0.348. The molecule has 2 aromatic carbocycles. The van der Waals surface area contributed by atoms with Gasteiger partial charge in [0.1, 0.15) is 0 Å². The minimum absolute atomic E-state index is 0.0492. The lowest BCUT2D eigenvalue weighted by Crippen LogP contribution is -2.31. The van der Waals surface area contributed by atoms with Gasteiger partial charge in [-0.1, -0.05) is 42.0 Å². The minimum atomic E-state index is -0.492. The van der Waals surface area contributed by atoms with Crippen LogP contribution < -0.4 is 10.6 Å². The summed E-state index contributed by atoms with van der Waals surface area (Å²) >= 11 is 0. The van der Waals surface area contributed by atoms with Gasteiger partial charge in [0.05, 0.1) is 18.6 Å². The van der Waals surface area contributed by atoms with Crippen LogP contribution in [0.15, 0.2) is 48.5 Å². The Kier molecular flexibility index (Phi) is 7.95. The van der Waals surface area contributed by atoms with Gasteiger partial charge in [-0.2, -0.15) is 0 Å². The molecule has 2 rings (SSSR count). The summed E-state index contributed by atoms with van der Waals surface area (Å²) in [6.07, 6.45) is -0.166. The van der Waals surface area contributed by atoms with Gasteiger partial charge in [0, 0.05) is 19.0 Å². The number of carbonyl (C=O) groups is 3. The van der Waals surface area contributed by atoms with E-state index in [1.54, 1.807) is 38.1 Å². The van der Waals surface area contributed by atoms with Gasteiger partial charge >= 0.3 is 5.97 Å². The van der Waals surface area contributed by atoms with E-state index in [9.17, 15) is 14.4 Å². The van der Waals surface area contributed by atoms with Gasteiger partial charge in [-0.25, -0.2) is 0 Å². The molecule has 6 nitrogen and oxygen atoms in total. The lowest BCUT2D eigenvalue weighted by atomic mass is 10.0. The second-order valence-electron chi connectivity index (χ2n) is 7.29. The number of carbonyl (C=O) groups excluding carboxylic acids is 3. The number of rotatable bonds is 8. The normalized spacial score (nSPS) is 11.6. The maximum atomic E-state index is 12.7. The summed E-state index contributed by atoms with van der Waals surface area (Å²) in [7, 11) is 0. The number of hydrogen-bond donors (Lipinski definition) is 2. The molecule has 1 atom stereocenters. The number of esters is 1. The Morgan fingerprint density at radius 2 is 1.59 bits per heavy atom. The van der Waals surface area contributed by atoms with Crippen molar-refractivity contribution < 1.29 is 19.1 Å². The van der Waals surface area contributed by atoms with Gasteiger partial charge < -0.3 is 15.4 Å². The number of hydrogen-bond acceptors (Lipinski definition) is 4. The molecule has 0 saturated heterocycles. The van der Waals surface area contributed by atoms with E-state index in [2.05, 4.69) is 10.6 Å². The SMILES string of the molecule is CC(=O)NCc1ccc(C(=O)NC(CC(=O)OC(C)C)c2ccc(C)cc2)cc1. The first-order valence-electron chi connectivity index (χ1n) is 9.65. The van der Waals surface area contributed by atoms with E-state index in [1.165, 1.54) is 6.92 Å². The van der Waals surface area contributed by atoms with Crippen molar-refractivity contribution in [1.82, 2.24) is 10.6 Å². The van der Waals surface area contributed by atoms with E-state index in [0.717, 1.165) is 16.7 Å². The van der Waals surface area contributed by atoms with Crippen molar-refractivity contribution in [3.05, 3.63) is 70.8 Å². The van der Waals surface area contributed by atoms with Crippen LogP contribution in [0.3, 0.4) is 0 Å². The number of benzene rings is 2. The molecule has 2 amide bonds. The molecule has 0 bridgehead atoms. The quantitative estimate of drug-likeness (QED) is 0.670. The Labute approximate surface area is 171 Å². The third-order valence-electron chi connectivity index (χ3n) is 4.28.